The highest BCUT2D eigenvalue weighted by Gasteiger charge is 2.44. The fraction of sp³-hybridized carbons (Fsp3) is 0.0455. The van der Waals surface area contributed by atoms with Crippen LogP contribution in [0, 0.1) is 5.82 Å². The molecule has 5 rings (SSSR count). The van der Waals surface area contributed by atoms with E-state index < -0.39 is 17.8 Å². The molecule has 6 heteroatoms. The SMILES string of the molecule is O=C1c2oc3ccccc3c(=O)c2[C@@H](c2cccc(F)c2)N1c1ccccn1. The lowest BCUT2D eigenvalue weighted by molar-refractivity contribution is 0.0970. The molecule has 1 aliphatic rings. The maximum absolute atomic E-state index is 14.0. The molecule has 5 nitrogen and oxygen atoms in total. The van der Waals surface area contributed by atoms with Crippen LogP contribution in [-0.4, -0.2) is 10.9 Å². The number of carbonyl (C=O) groups excluding carboxylic acids is 1. The number of anilines is 1. The van der Waals surface area contributed by atoms with Crippen LogP contribution in [0.4, 0.5) is 10.2 Å². The summed E-state index contributed by atoms with van der Waals surface area (Å²) in [6, 6.07) is 16.9. The lowest BCUT2D eigenvalue weighted by Gasteiger charge is -2.24. The van der Waals surface area contributed by atoms with Crippen LogP contribution in [0.3, 0.4) is 0 Å². The second kappa shape index (κ2) is 6.13. The van der Waals surface area contributed by atoms with Crippen molar-refractivity contribution in [3.63, 3.8) is 0 Å². The maximum Gasteiger partial charge on any atom is 0.296 e. The van der Waals surface area contributed by atoms with E-state index in [1.54, 1.807) is 60.8 Å². The van der Waals surface area contributed by atoms with Crippen LogP contribution in [0.15, 0.2) is 82.1 Å². The molecule has 2 aromatic heterocycles. The van der Waals surface area contributed by atoms with Crippen LogP contribution < -0.4 is 10.3 Å². The average molecular weight is 372 g/mol. The summed E-state index contributed by atoms with van der Waals surface area (Å²) in [5.74, 6) is -0.615. The zero-order chi connectivity index (χ0) is 19.3. The van der Waals surface area contributed by atoms with Gasteiger partial charge in [0.25, 0.3) is 5.91 Å². The minimum absolute atomic E-state index is 0.0383. The predicted molar refractivity (Wildman–Crippen MR) is 102 cm³/mol. The number of halogens is 1. The summed E-state index contributed by atoms with van der Waals surface area (Å²) in [6.07, 6.45) is 1.56. The van der Waals surface area contributed by atoms with Crippen molar-refractivity contribution in [1.82, 2.24) is 4.98 Å². The number of aromatic nitrogens is 1. The van der Waals surface area contributed by atoms with Crippen LogP contribution >= 0.6 is 0 Å². The number of hydrogen-bond donors (Lipinski definition) is 0. The molecule has 2 aromatic carbocycles. The molecule has 1 aliphatic heterocycles. The Balaban J connectivity index is 1.84. The molecule has 0 bridgehead atoms. The molecule has 3 heterocycles. The Bertz CT molecular complexity index is 1280. The van der Waals surface area contributed by atoms with Gasteiger partial charge in [0, 0.05) is 6.20 Å². The van der Waals surface area contributed by atoms with E-state index in [1.165, 1.54) is 17.0 Å². The van der Waals surface area contributed by atoms with Crippen LogP contribution in [0.5, 0.6) is 0 Å². The smallest absolute Gasteiger partial charge is 0.296 e. The quantitative estimate of drug-likeness (QED) is 0.532. The summed E-state index contributed by atoms with van der Waals surface area (Å²) >= 11 is 0. The molecule has 1 atom stereocenters. The molecule has 0 fully saturated rings. The summed E-state index contributed by atoms with van der Waals surface area (Å²) in [5.41, 5.74) is 0.693. The Morgan fingerprint density at radius 3 is 2.57 bits per heavy atom. The van der Waals surface area contributed by atoms with Crippen molar-refractivity contribution in [2.24, 2.45) is 0 Å². The summed E-state index contributed by atoms with van der Waals surface area (Å²) < 4.78 is 19.8. The average Bonchev–Trinajstić information content (AvgIpc) is 3.02. The minimum Gasteiger partial charge on any atom is -0.450 e. The second-order valence-electron chi connectivity index (χ2n) is 6.49. The third-order valence-corrected chi connectivity index (χ3v) is 4.84. The highest BCUT2D eigenvalue weighted by Crippen LogP contribution is 2.40. The van der Waals surface area contributed by atoms with Gasteiger partial charge in [-0.05, 0) is 42.0 Å². The first-order valence-corrected chi connectivity index (χ1v) is 8.71. The molecule has 4 aromatic rings. The number of nitrogens with zero attached hydrogens (tertiary/aromatic N) is 2. The molecule has 28 heavy (non-hydrogen) atoms. The maximum atomic E-state index is 14.0. The van der Waals surface area contributed by atoms with E-state index in [1.807, 2.05) is 0 Å². The van der Waals surface area contributed by atoms with E-state index in [2.05, 4.69) is 4.98 Å². The number of hydrogen-bond acceptors (Lipinski definition) is 4. The zero-order valence-electron chi connectivity index (χ0n) is 14.5. The van der Waals surface area contributed by atoms with Gasteiger partial charge >= 0.3 is 0 Å². The third-order valence-electron chi connectivity index (χ3n) is 4.84. The molecular formula is C22H13FN2O3. The molecule has 0 radical (unpaired) electrons. The Morgan fingerprint density at radius 1 is 0.964 bits per heavy atom. The number of para-hydroxylation sites is 1. The first-order valence-electron chi connectivity index (χ1n) is 8.71. The van der Waals surface area contributed by atoms with Crippen LogP contribution in [-0.2, 0) is 0 Å². The Kier molecular flexibility index (Phi) is 3.58. The van der Waals surface area contributed by atoms with Gasteiger partial charge in [0.15, 0.2) is 5.43 Å². The van der Waals surface area contributed by atoms with Gasteiger partial charge in [-0.3, -0.25) is 14.5 Å². The van der Waals surface area contributed by atoms with E-state index in [0.717, 1.165) is 0 Å². The molecule has 1 amide bonds. The Morgan fingerprint density at radius 2 is 1.79 bits per heavy atom. The van der Waals surface area contributed by atoms with Gasteiger partial charge in [-0.25, -0.2) is 9.37 Å². The normalized spacial score (nSPS) is 15.8. The second-order valence-corrected chi connectivity index (χ2v) is 6.49. The fourth-order valence-corrected chi connectivity index (χ4v) is 3.64. The summed E-state index contributed by atoms with van der Waals surface area (Å²) in [6.45, 7) is 0. The molecule has 0 saturated heterocycles. The number of amides is 1. The molecular weight excluding hydrogens is 359 g/mol. The van der Waals surface area contributed by atoms with Crippen molar-refractivity contribution in [2.75, 3.05) is 4.90 Å². The van der Waals surface area contributed by atoms with Gasteiger partial charge in [0.1, 0.15) is 17.2 Å². The van der Waals surface area contributed by atoms with Gasteiger partial charge in [-0.15, -0.1) is 0 Å². The number of carbonyl (C=O) groups is 1. The lowest BCUT2D eigenvalue weighted by atomic mass is 9.98. The minimum atomic E-state index is -0.825. The fourth-order valence-electron chi connectivity index (χ4n) is 3.64. The van der Waals surface area contributed by atoms with Gasteiger partial charge in [0.05, 0.1) is 17.0 Å². The molecule has 0 N–H and O–H groups in total. The number of rotatable bonds is 2. The number of pyridine rings is 1. The van der Waals surface area contributed by atoms with Gasteiger partial charge in [-0.2, -0.15) is 0 Å². The van der Waals surface area contributed by atoms with Gasteiger partial charge in [0.2, 0.25) is 5.76 Å². The predicted octanol–water partition coefficient (Wildman–Crippen LogP) is 4.08. The summed E-state index contributed by atoms with van der Waals surface area (Å²) in [7, 11) is 0. The summed E-state index contributed by atoms with van der Waals surface area (Å²) in [5, 5.41) is 0.373. The molecule has 0 saturated carbocycles. The van der Waals surface area contributed by atoms with Crippen molar-refractivity contribution in [3.8, 4) is 0 Å². The van der Waals surface area contributed by atoms with E-state index in [4.69, 9.17) is 4.42 Å². The number of fused-ring (bicyclic) bond motifs is 2. The van der Waals surface area contributed by atoms with Crippen molar-refractivity contribution in [3.05, 3.63) is 106 Å². The van der Waals surface area contributed by atoms with Gasteiger partial charge < -0.3 is 4.42 Å². The number of benzene rings is 2. The topological polar surface area (TPSA) is 63.4 Å². The van der Waals surface area contributed by atoms with E-state index in [0.29, 0.717) is 22.4 Å². The highest BCUT2D eigenvalue weighted by atomic mass is 19.1. The van der Waals surface area contributed by atoms with Crippen molar-refractivity contribution >= 4 is 22.7 Å². The standard InChI is InChI=1S/C22H13FN2O3/c23-14-7-5-6-13(12-14)19-18-20(26)15-8-1-2-9-16(15)28-21(18)22(27)25(19)17-10-3-4-11-24-17/h1-12,19H/t19-/m1/s1. The van der Waals surface area contributed by atoms with E-state index in [-0.39, 0.29) is 16.8 Å². The monoisotopic (exact) mass is 372 g/mol. The zero-order valence-corrected chi connectivity index (χ0v) is 14.5. The molecule has 0 aliphatic carbocycles. The Hall–Kier alpha value is -3.80. The van der Waals surface area contributed by atoms with Crippen LogP contribution in [0.2, 0.25) is 0 Å². The Labute approximate surface area is 158 Å². The molecule has 0 spiro atoms. The lowest BCUT2D eigenvalue weighted by Crippen LogP contribution is -2.30. The van der Waals surface area contributed by atoms with Crippen molar-refractivity contribution in [1.29, 1.82) is 0 Å². The first-order chi connectivity index (χ1) is 13.6. The largest absolute Gasteiger partial charge is 0.450 e. The van der Waals surface area contributed by atoms with Crippen molar-refractivity contribution in [2.45, 2.75) is 6.04 Å². The van der Waals surface area contributed by atoms with Crippen LogP contribution in [0.25, 0.3) is 11.0 Å². The first kappa shape index (κ1) is 16.4. The van der Waals surface area contributed by atoms with E-state index >= 15 is 0 Å². The van der Waals surface area contributed by atoms with Gasteiger partial charge in [-0.1, -0.05) is 30.3 Å². The summed E-state index contributed by atoms with van der Waals surface area (Å²) in [4.78, 5) is 32.1. The molecule has 0 unspecified atom stereocenters. The van der Waals surface area contributed by atoms with E-state index in [9.17, 15) is 14.0 Å². The van der Waals surface area contributed by atoms with Crippen molar-refractivity contribution < 1.29 is 13.6 Å². The van der Waals surface area contributed by atoms with Crippen LogP contribution in [0.1, 0.15) is 27.7 Å². The molecule has 136 valence electrons. The third kappa shape index (κ3) is 2.35. The highest BCUT2D eigenvalue weighted by molar-refractivity contribution is 6.10.